The molecule has 0 bridgehead atoms. The third-order valence-corrected chi connectivity index (χ3v) is 5.72. The second-order valence-corrected chi connectivity index (χ2v) is 7.54. The number of carbonyl (C=O) groups is 1. The lowest BCUT2D eigenvalue weighted by Gasteiger charge is -2.35. The number of nitro groups is 1. The molecule has 1 fully saturated rings. The molecule has 0 spiro atoms. The number of aromatic nitrogens is 4. The number of hydrogen-bond acceptors (Lipinski definition) is 7. The van der Waals surface area contributed by atoms with Crippen molar-refractivity contribution in [1.29, 1.82) is 0 Å². The zero-order valence-corrected chi connectivity index (χ0v) is 17.6. The average molecular weight is 421 g/mol. The first-order chi connectivity index (χ1) is 14.8. The van der Waals surface area contributed by atoms with Gasteiger partial charge in [-0.15, -0.1) is 10.2 Å². The first-order valence-electron chi connectivity index (χ1n) is 10.0. The Morgan fingerprint density at radius 3 is 2.06 bits per heavy atom. The molecule has 3 heterocycles. The summed E-state index contributed by atoms with van der Waals surface area (Å²) in [7, 11) is 0. The smallest absolute Gasteiger partial charge is 0.269 e. The van der Waals surface area contributed by atoms with Gasteiger partial charge in [0.1, 0.15) is 0 Å². The highest BCUT2D eigenvalue weighted by Crippen LogP contribution is 2.19. The Morgan fingerprint density at radius 1 is 0.935 bits per heavy atom. The van der Waals surface area contributed by atoms with Gasteiger partial charge >= 0.3 is 0 Å². The molecule has 4 rings (SSSR count). The number of rotatable bonds is 4. The Kier molecular flexibility index (Phi) is 5.37. The molecule has 3 aromatic rings. The summed E-state index contributed by atoms with van der Waals surface area (Å²) in [5.41, 5.74) is 3.57. The molecule has 1 saturated heterocycles. The lowest BCUT2D eigenvalue weighted by molar-refractivity contribution is -0.384. The minimum atomic E-state index is -0.477. The van der Waals surface area contributed by atoms with E-state index in [1.165, 1.54) is 24.3 Å². The van der Waals surface area contributed by atoms with Gasteiger partial charge in [-0.05, 0) is 50.6 Å². The molecule has 0 saturated carbocycles. The van der Waals surface area contributed by atoms with E-state index in [-0.39, 0.29) is 11.6 Å². The largest absolute Gasteiger partial charge is 0.352 e. The minimum absolute atomic E-state index is 0.0287. The van der Waals surface area contributed by atoms with Gasteiger partial charge in [-0.25, -0.2) is 4.68 Å². The van der Waals surface area contributed by atoms with E-state index in [4.69, 9.17) is 0 Å². The summed E-state index contributed by atoms with van der Waals surface area (Å²) in [5.74, 6) is 1.30. The summed E-state index contributed by atoms with van der Waals surface area (Å²) in [5, 5.41) is 24.0. The molecule has 0 atom stereocenters. The van der Waals surface area contributed by atoms with E-state index in [0.29, 0.717) is 37.6 Å². The summed E-state index contributed by atoms with van der Waals surface area (Å²) >= 11 is 0. The van der Waals surface area contributed by atoms with Gasteiger partial charge in [0.15, 0.2) is 11.6 Å². The Morgan fingerprint density at radius 2 is 1.55 bits per heavy atom. The highest BCUT2D eigenvalue weighted by molar-refractivity contribution is 5.94. The van der Waals surface area contributed by atoms with E-state index in [1.54, 1.807) is 9.58 Å². The summed E-state index contributed by atoms with van der Waals surface area (Å²) in [6.07, 6.45) is 0. The van der Waals surface area contributed by atoms with Gasteiger partial charge in [-0.2, -0.15) is 5.10 Å². The molecule has 0 aliphatic carbocycles. The van der Waals surface area contributed by atoms with Gasteiger partial charge in [0.2, 0.25) is 0 Å². The van der Waals surface area contributed by atoms with Crippen molar-refractivity contribution in [2.75, 3.05) is 31.1 Å². The number of benzene rings is 1. The predicted molar refractivity (Wildman–Crippen MR) is 115 cm³/mol. The maximum absolute atomic E-state index is 12.7. The standard InChI is InChI=1S/C21H23N7O3/c1-14-15(2)24-27(16(14)3)20-9-8-19(22-23-20)25-10-12-26(13-11-25)21(29)17-4-6-18(7-5-17)28(30)31/h4-9H,10-13H2,1-3H3. The molecule has 0 radical (unpaired) electrons. The van der Waals surface area contributed by atoms with Crippen LogP contribution in [0, 0.1) is 30.9 Å². The van der Waals surface area contributed by atoms with Crippen LogP contribution in [0.3, 0.4) is 0 Å². The molecule has 2 aromatic heterocycles. The monoisotopic (exact) mass is 421 g/mol. The Balaban J connectivity index is 1.40. The highest BCUT2D eigenvalue weighted by atomic mass is 16.6. The number of piperazine rings is 1. The number of non-ortho nitro benzene ring substituents is 1. The summed E-state index contributed by atoms with van der Waals surface area (Å²) in [6, 6.07) is 9.52. The molecular weight excluding hydrogens is 398 g/mol. The fourth-order valence-electron chi connectivity index (χ4n) is 3.59. The number of carbonyl (C=O) groups excluding carboxylic acids is 1. The molecular formula is C21H23N7O3. The molecule has 160 valence electrons. The maximum atomic E-state index is 12.7. The average Bonchev–Trinajstić information content (AvgIpc) is 3.06. The number of anilines is 1. The lowest BCUT2D eigenvalue weighted by Crippen LogP contribution is -2.49. The molecule has 1 aromatic carbocycles. The van der Waals surface area contributed by atoms with E-state index in [9.17, 15) is 14.9 Å². The van der Waals surface area contributed by atoms with Crippen LogP contribution in [0.4, 0.5) is 11.5 Å². The van der Waals surface area contributed by atoms with Gasteiger partial charge < -0.3 is 9.80 Å². The first kappa shape index (κ1) is 20.5. The summed E-state index contributed by atoms with van der Waals surface area (Å²) in [6.45, 7) is 8.35. The van der Waals surface area contributed by atoms with E-state index in [1.807, 2.05) is 32.9 Å². The molecule has 10 nitrogen and oxygen atoms in total. The van der Waals surface area contributed by atoms with Crippen LogP contribution >= 0.6 is 0 Å². The third-order valence-electron chi connectivity index (χ3n) is 5.72. The lowest BCUT2D eigenvalue weighted by atomic mass is 10.1. The normalized spacial score (nSPS) is 14.0. The van der Waals surface area contributed by atoms with Crippen LogP contribution in [0.25, 0.3) is 5.82 Å². The van der Waals surface area contributed by atoms with Crippen molar-refractivity contribution in [2.24, 2.45) is 0 Å². The van der Waals surface area contributed by atoms with Crippen LogP contribution in [0.1, 0.15) is 27.3 Å². The van der Waals surface area contributed by atoms with Crippen molar-refractivity contribution < 1.29 is 9.72 Å². The van der Waals surface area contributed by atoms with Crippen LogP contribution in [0.15, 0.2) is 36.4 Å². The van der Waals surface area contributed by atoms with Crippen LogP contribution in [-0.2, 0) is 0 Å². The van der Waals surface area contributed by atoms with Crippen molar-refractivity contribution in [3.63, 3.8) is 0 Å². The number of nitrogens with zero attached hydrogens (tertiary/aromatic N) is 7. The van der Waals surface area contributed by atoms with Crippen molar-refractivity contribution in [2.45, 2.75) is 20.8 Å². The number of aryl methyl sites for hydroxylation is 1. The summed E-state index contributed by atoms with van der Waals surface area (Å²) in [4.78, 5) is 26.8. The van der Waals surface area contributed by atoms with E-state index in [2.05, 4.69) is 20.2 Å². The molecule has 0 N–H and O–H groups in total. The Hall–Kier alpha value is -3.82. The molecule has 31 heavy (non-hydrogen) atoms. The quantitative estimate of drug-likeness (QED) is 0.470. The number of amides is 1. The van der Waals surface area contributed by atoms with E-state index < -0.39 is 4.92 Å². The highest BCUT2D eigenvalue weighted by Gasteiger charge is 2.23. The van der Waals surface area contributed by atoms with Crippen molar-refractivity contribution >= 4 is 17.4 Å². The fraction of sp³-hybridized carbons (Fsp3) is 0.333. The number of hydrogen-bond donors (Lipinski definition) is 0. The third kappa shape index (κ3) is 3.96. The van der Waals surface area contributed by atoms with Crippen molar-refractivity contribution in [3.05, 3.63) is 69.0 Å². The minimum Gasteiger partial charge on any atom is -0.352 e. The molecule has 0 unspecified atom stereocenters. The van der Waals surface area contributed by atoms with Crippen LogP contribution in [0.2, 0.25) is 0 Å². The van der Waals surface area contributed by atoms with Gasteiger partial charge in [0.05, 0.1) is 10.6 Å². The van der Waals surface area contributed by atoms with E-state index in [0.717, 1.165) is 22.8 Å². The van der Waals surface area contributed by atoms with E-state index >= 15 is 0 Å². The first-order valence-corrected chi connectivity index (χ1v) is 10.0. The Labute approximate surface area is 179 Å². The van der Waals surface area contributed by atoms with Crippen LogP contribution < -0.4 is 4.90 Å². The predicted octanol–water partition coefficient (Wildman–Crippen LogP) is 2.46. The van der Waals surface area contributed by atoms with Crippen molar-refractivity contribution in [3.8, 4) is 5.82 Å². The molecule has 10 heteroatoms. The molecule has 1 aliphatic heterocycles. The van der Waals surface area contributed by atoms with Gasteiger partial charge in [-0.1, -0.05) is 0 Å². The fourth-order valence-corrected chi connectivity index (χ4v) is 3.59. The zero-order chi connectivity index (χ0) is 22.1. The zero-order valence-electron chi connectivity index (χ0n) is 17.6. The van der Waals surface area contributed by atoms with Gasteiger partial charge in [0.25, 0.3) is 11.6 Å². The van der Waals surface area contributed by atoms with Crippen LogP contribution in [-0.4, -0.2) is 61.9 Å². The van der Waals surface area contributed by atoms with Crippen molar-refractivity contribution in [1.82, 2.24) is 24.9 Å². The SMILES string of the molecule is Cc1nn(-c2ccc(N3CCN(C(=O)c4ccc([N+](=O)[O-])cc4)CC3)nn2)c(C)c1C. The van der Waals surface area contributed by atoms with Crippen LogP contribution in [0.5, 0.6) is 0 Å². The number of nitro benzene ring substituents is 1. The molecule has 1 amide bonds. The van der Waals surface area contributed by atoms with Gasteiger partial charge in [-0.3, -0.25) is 14.9 Å². The molecule has 1 aliphatic rings. The Bertz CT molecular complexity index is 1120. The topological polar surface area (TPSA) is 110 Å². The second kappa shape index (κ2) is 8.13. The second-order valence-electron chi connectivity index (χ2n) is 7.54. The maximum Gasteiger partial charge on any atom is 0.269 e. The summed E-state index contributed by atoms with van der Waals surface area (Å²) < 4.78 is 1.79. The van der Waals surface area contributed by atoms with Gasteiger partial charge in [0, 0.05) is 49.6 Å².